The Balaban J connectivity index is 2.09. The number of nitro groups is 1. The Morgan fingerprint density at radius 2 is 2.25 bits per heavy atom. The van der Waals surface area contributed by atoms with Gasteiger partial charge >= 0.3 is 5.91 Å². The number of furan rings is 1. The van der Waals surface area contributed by atoms with Crippen molar-refractivity contribution in [2.45, 2.75) is 0 Å². The zero-order chi connectivity index (χ0) is 14.5. The zero-order valence-electron chi connectivity index (χ0n) is 9.95. The third kappa shape index (κ3) is 3.21. The predicted octanol–water partition coefficient (Wildman–Crippen LogP) is 2.61. The highest BCUT2D eigenvalue weighted by Gasteiger charge is 2.09. The van der Waals surface area contributed by atoms with Crippen LogP contribution >= 0.6 is 11.6 Å². The van der Waals surface area contributed by atoms with Crippen LogP contribution in [0.15, 0.2) is 46.1 Å². The third-order valence-electron chi connectivity index (χ3n) is 2.31. The first-order valence-corrected chi connectivity index (χ1v) is 5.76. The number of non-ortho nitro benzene ring substituents is 1. The van der Waals surface area contributed by atoms with Gasteiger partial charge in [0.2, 0.25) is 0 Å². The minimum Gasteiger partial charge on any atom is -0.459 e. The zero-order valence-corrected chi connectivity index (χ0v) is 10.7. The smallest absolute Gasteiger partial charge is 0.307 e. The highest BCUT2D eigenvalue weighted by molar-refractivity contribution is 6.33. The van der Waals surface area contributed by atoms with Gasteiger partial charge < -0.3 is 4.42 Å². The molecule has 1 aromatic heterocycles. The minimum absolute atomic E-state index is 0.104. The van der Waals surface area contributed by atoms with Gasteiger partial charge in [-0.2, -0.15) is 5.10 Å². The number of nitrogens with zero attached hydrogens (tertiary/aromatic N) is 2. The molecule has 0 saturated heterocycles. The molecule has 0 radical (unpaired) electrons. The molecule has 102 valence electrons. The van der Waals surface area contributed by atoms with E-state index in [1.54, 1.807) is 6.07 Å². The van der Waals surface area contributed by atoms with E-state index in [0.29, 0.717) is 5.56 Å². The summed E-state index contributed by atoms with van der Waals surface area (Å²) in [5.74, 6) is -0.430. The highest BCUT2D eigenvalue weighted by atomic mass is 35.5. The summed E-state index contributed by atoms with van der Waals surface area (Å²) in [7, 11) is 0. The molecule has 0 bridgehead atoms. The number of hydrazone groups is 1. The lowest BCUT2D eigenvalue weighted by atomic mass is 10.2. The number of hydrogen-bond acceptors (Lipinski definition) is 5. The quantitative estimate of drug-likeness (QED) is 0.532. The summed E-state index contributed by atoms with van der Waals surface area (Å²) in [5.41, 5.74) is 2.42. The number of halogens is 1. The molecule has 1 N–H and O–H groups in total. The van der Waals surface area contributed by atoms with Gasteiger partial charge in [-0.1, -0.05) is 11.6 Å². The van der Waals surface area contributed by atoms with Crippen molar-refractivity contribution in [3.05, 3.63) is 63.1 Å². The number of nitro benzene ring substituents is 1. The summed E-state index contributed by atoms with van der Waals surface area (Å²) in [6, 6.07) is 6.96. The van der Waals surface area contributed by atoms with E-state index in [4.69, 9.17) is 16.0 Å². The fourth-order valence-electron chi connectivity index (χ4n) is 1.37. The van der Waals surface area contributed by atoms with Gasteiger partial charge in [-0.15, -0.1) is 0 Å². The fourth-order valence-corrected chi connectivity index (χ4v) is 1.53. The molecule has 0 aliphatic carbocycles. The first-order valence-electron chi connectivity index (χ1n) is 5.39. The third-order valence-corrected chi connectivity index (χ3v) is 2.65. The second kappa shape index (κ2) is 5.98. The number of carbonyl (C=O) groups is 1. The van der Waals surface area contributed by atoms with E-state index >= 15 is 0 Å². The molecule has 2 rings (SSSR count). The van der Waals surface area contributed by atoms with Gasteiger partial charge in [-0.25, -0.2) is 5.43 Å². The van der Waals surface area contributed by atoms with E-state index < -0.39 is 10.8 Å². The molecule has 8 heteroatoms. The number of rotatable bonds is 4. The molecular weight excluding hydrogens is 286 g/mol. The van der Waals surface area contributed by atoms with Crippen LogP contribution in [0.2, 0.25) is 5.02 Å². The van der Waals surface area contributed by atoms with Crippen LogP contribution in [0.3, 0.4) is 0 Å². The summed E-state index contributed by atoms with van der Waals surface area (Å²) < 4.78 is 4.87. The number of carbonyl (C=O) groups excluding carboxylic acids is 1. The molecule has 0 aliphatic heterocycles. The molecule has 0 atom stereocenters. The van der Waals surface area contributed by atoms with Gasteiger partial charge in [-0.05, 0) is 18.2 Å². The van der Waals surface area contributed by atoms with Crippen LogP contribution < -0.4 is 5.43 Å². The van der Waals surface area contributed by atoms with Crippen molar-refractivity contribution in [2.24, 2.45) is 5.10 Å². The normalized spacial score (nSPS) is 10.7. The van der Waals surface area contributed by atoms with Gasteiger partial charge in [0.1, 0.15) is 0 Å². The van der Waals surface area contributed by atoms with Gasteiger partial charge in [0.15, 0.2) is 5.76 Å². The Kier molecular flexibility index (Phi) is 4.11. The number of amides is 1. The SMILES string of the molecule is O=C(N/N=C/c1cc([N+](=O)[O-])ccc1Cl)c1ccco1. The second-order valence-corrected chi connectivity index (χ2v) is 4.05. The molecule has 0 spiro atoms. The van der Waals surface area contributed by atoms with Crippen molar-refractivity contribution in [1.29, 1.82) is 0 Å². The largest absolute Gasteiger partial charge is 0.459 e. The van der Waals surface area contributed by atoms with Crippen LogP contribution in [0.1, 0.15) is 16.1 Å². The lowest BCUT2D eigenvalue weighted by molar-refractivity contribution is -0.384. The topological polar surface area (TPSA) is 97.7 Å². The summed E-state index contributed by atoms with van der Waals surface area (Å²) in [4.78, 5) is 21.6. The Bertz CT molecular complexity index is 667. The Morgan fingerprint density at radius 1 is 1.45 bits per heavy atom. The van der Waals surface area contributed by atoms with Crippen LogP contribution in [0.4, 0.5) is 5.69 Å². The van der Waals surface area contributed by atoms with Crippen molar-refractivity contribution in [3.63, 3.8) is 0 Å². The number of benzene rings is 1. The van der Waals surface area contributed by atoms with Crippen molar-refractivity contribution in [2.75, 3.05) is 0 Å². The first-order chi connectivity index (χ1) is 9.58. The Labute approximate surface area is 118 Å². The van der Waals surface area contributed by atoms with E-state index in [1.165, 1.54) is 36.7 Å². The molecule has 1 aromatic carbocycles. The standard InChI is InChI=1S/C12H8ClN3O4/c13-10-4-3-9(16(18)19)6-8(10)7-14-15-12(17)11-2-1-5-20-11/h1-7H,(H,15,17)/b14-7+. The van der Waals surface area contributed by atoms with E-state index in [0.717, 1.165) is 0 Å². The molecule has 0 saturated carbocycles. The molecule has 0 aliphatic rings. The number of hydrogen-bond donors (Lipinski definition) is 1. The van der Waals surface area contributed by atoms with Crippen LogP contribution in [-0.4, -0.2) is 17.0 Å². The van der Waals surface area contributed by atoms with E-state index in [1.807, 2.05) is 0 Å². The van der Waals surface area contributed by atoms with Crippen molar-refractivity contribution in [1.82, 2.24) is 5.43 Å². The highest BCUT2D eigenvalue weighted by Crippen LogP contribution is 2.20. The maximum Gasteiger partial charge on any atom is 0.307 e. The van der Waals surface area contributed by atoms with Crippen LogP contribution in [-0.2, 0) is 0 Å². The van der Waals surface area contributed by atoms with Crippen LogP contribution in [0.25, 0.3) is 0 Å². The van der Waals surface area contributed by atoms with Crippen molar-refractivity contribution in [3.8, 4) is 0 Å². The molecule has 2 aromatic rings. The molecule has 1 amide bonds. The lowest BCUT2D eigenvalue weighted by Gasteiger charge is -1.98. The first kappa shape index (κ1) is 13.8. The molecular formula is C12H8ClN3O4. The maximum absolute atomic E-state index is 11.5. The summed E-state index contributed by atoms with van der Waals surface area (Å²) in [5, 5.41) is 14.6. The lowest BCUT2D eigenvalue weighted by Crippen LogP contribution is -2.16. The average molecular weight is 294 g/mol. The summed E-state index contributed by atoms with van der Waals surface area (Å²) in [6.45, 7) is 0. The molecule has 0 fully saturated rings. The van der Waals surface area contributed by atoms with E-state index in [-0.39, 0.29) is 16.5 Å². The summed E-state index contributed by atoms with van der Waals surface area (Å²) >= 11 is 5.87. The molecule has 20 heavy (non-hydrogen) atoms. The minimum atomic E-state index is -0.547. The maximum atomic E-state index is 11.5. The molecule has 7 nitrogen and oxygen atoms in total. The predicted molar refractivity (Wildman–Crippen MR) is 71.9 cm³/mol. The number of nitrogens with one attached hydrogen (secondary N) is 1. The van der Waals surface area contributed by atoms with E-state index in [2.05, 4.69) is 10.5 Å². The molecule has 1 heterocycles. The average Bonchev–Trinajstić information content (AvgIpc) is 2.94. The second-order valence-electron chi connectivity index (χ2n) is 3.64. The Hall–Kier alpha value is -2.67. The fraction of sp³-hybridized carbons (Fsp3) is 0. The van der Waals surface area contributed by atoms with Gasteiger partial charge in [0, 0.05) is 22.7 Å². The summed E-state index contributed by atoms with van der Waals surface area (Å²) in [6.07, 6.45) is 2.58. The molecule has 0 unspecified atom stereocenters. The Morgan fingerprint density at radius 3 is 2.90 bits per heavy atom. The van der Waals surface area contributed by atoms with E-state index in [9.17, 15) is 14.9 Å². The van der Waals surface area contributed by atoms with Crippen molar-refractivity contribution < 1.29 is 14.1 Å². The van der Waals surface area contributed by atoms with Gasteiger partial charge in [0.05, 0.1) is 17.4 Å². The van der Waals surface area contributed by atoms with Crippen molar-refractivity contribution >= 4 is 29.4 Å². The van der Waals surface area contributed by atoms with Crippen LogP contribution in [0, 0.1) is 10.1 Å². The monoisotopic (exact) mass is 293 g/mol. The van der Waals surface area contributed by atoms with Crippen LogP contribution in [0.5, 0.6) is 0 Å². The van der Waals surface area contributed by atoms with Gasteiger partial charge in [-0.3, -0.25) is 14.9 Å². The van der Waals surface area contributed by atoms with Gasteiger partial charge in [0.25, 0.3) is 5.69 Å².